The van der Waals surface area contributed by atoms with E-state index >= 15 is 0 Å². The van der Waals surface area contributed by atoms with E-state index < -0.39 is 0 Å². The van der Waals surface area contributed by atoms with Gasteiger partial charge in [0.1, 0.15) is 11.6 Å². The molecule has 2 aromatic rings. The number of carbonyl (C=O) groups is 1. The van der Waals surface area contributed by atoms with Gasteiger partial charge in [-0.1, -0.05) is 6.07 Å². The van der Waals surface area contributed by atoms with Crippen LogP contribution in [0.25, 0.3) is 0 Å². The van der Waals surface area contributed by atoms with Gasteiger partial charge in [0.2, 0.25) is 5.91 Å². The molecule has 2 aromatic heterocycles. The minimum Gasteiger partial charge on any atom is -0.373 e. The molecule has 0 radical (unpaired) electrons. The Morgan fingerprint density at radius 3 is 3.11 bits per heavy atom. The maximum absolute atomic E-state index is 12.7. The third-order valence-corrected chi connectivity index (χ3v) is 5.38. The summed E-state index contributed by atoms with van der Waals surface area (Å²) < 4.78 is 0. The summed E-state index contributed by atoms with van der Waals surface area (Å²) in [6.45, 7) is 3.25. The normalized spacial score (nSPS) is 19.4. The maximum atomic E-state index is 12.7. The SMILES string of the molecule is CNc1nc(C2CCCN(C(=O)Cc3ccccn3)C2)nc2c1CNCC2. The number of fused-ring (bicyclic) bond motifs is 1. The Balaban J connectivity index is 1.50. The summed E-state index contributed by atoms with van der Waals surface area (Å²) in [5.74, 6) is 2.11. The fourth-order valence-corrected chi connectivity index (χ4v) is 3.94. The summed E-state index contributed by atoms with van der Waals surface area (Å²) in [4.78, 5) is 28.6. The maximum Gasteiger partial charge on any atom is 0.228 e. The van der Waals surface area contributed by atoms with Gasteiger partial charge in [-0.05, 0) is 25.0 Å². The number of anilines is 1. The van der Waals surface area contributed by atoms with Crippen molar-refractivity contribution in [2.24, 2.45) is 0 Å². The van der Waals surface area contributed by atoms with Crippen molar-refractivity contribution in [3.63, 3.8) is 0 Å². The number of nitrogens with one attached hydrogen (secondary N) is 2. The monoisotopic (exact) mass is 366 g/mol. The van der Waals surface area contributed by atoms with Gasteiger partial charge in [-0.15, -0.1) is 0 Å². The Morgan fingerprint density at radius 1 is 1.37 bits per heavy atom. The molecule has 27 heavy (non-hydrogen) atoms. The summed E-state index contributed by atoms with van der Waals surface area (Å²) in [7, 11) is 1.91. The van der Waals surface area contributed by atoms with Crippen LogP contribution in [0.3, 0.4) is 0 Å². The number of pyridine rings is 1. The largest absolute Gasteiger partial charge is 0.373 e. The second-order valence-electron chi connectivity index (χ2n) is 7.21. The first-order valence-corrected chi connectivity index (χ1v) is 9.70. The first kappa shape index (κ1) is 17.9. The molecule has 4 rings (SSSR count). The highest BCUT2D eigenvalue weighted by Crippen LogP contribution is 2.28. The van der Waals surface area contributed by atoms with Crippen LogP contribution in [-0.4, -0.2) is 52.4 Å². The molecule has 7 nitrogen and oxygen atoms in total. The lowest BCUT2D eigenvalue weighted by Crippen LogP contribution is -2.40. The summed E-state index contributed by atoms with van der Waals surface area (Å²) in [5, 5.41) is 6.60. The first-order valence-electron chi connectivity index (χ1n) is 9.70. The van der Waals surface area contributed by atoms with Gasteiger partial charge in [-0.25, -0.2) is 9.97 Å². The predicted molar refractivity (Wildman–Crippen MR) is 103 cm³/mol. The molecular weight excluding hydrogens is 340 g/mol. The van der Waals surface area contributed by atoms with E-state index in [0.717, 1.165) is 61.9 Å². The molecule has 2 aliphatic heterocycles. The van der Waals surface area contributed by atoms with E-state index in [-0.39, 0.29) is 11.8 Å². The van der Waals surface area contributed by atoms with Gasteiger partial charge in [-0.3, -0.25) is 9.78 Å². The average molecular weight is 366 g/mol. The van der Waals surface area contributed by atoms with Gasteiger partial charge in [0.05, 0.1) is 12.1 Å². The second-order valence-corrected chi connectivity index (χ2v) is 7.21. The van der Waals surface area contributed by atoms with Crippen LogP contribution in [0.1, 0.15) is 41.5 Å². The summed E-state index contributed by atoms with van der Waals surface area (Å²) in [6.07, 6.45) is 5.01. The first-order chi connectivity index (χ1) is 13.2. The molecule has 7 heteroatoms. The zero-order valence-corrected chi connectivity index (χ0v) is 15.7. The summed E-state index contributed by atoms with van der Waals surface area (Å²) in [5.41, 5.74) is 3.13. The van der Waals surface area contributed by atoms with Gasteiger partial charge in [0, 0.05) is 63.0 Å². The highest BCUT2D eigenvalue weighted by atomic mass is 16.2. The van der Waals surface area contributed by atoms with Crippen molar-refractivity contribution in [1.82, 2.24) is 25.2 Å². The van der Waals surface area contributed by atoms with E-state index in [2.05, 4.69) is 15.6 Å². The fourth-order valence-electron chi connectivity index (χ4n) is 3.94. The minimum absolute atomic E-state index is 0.134. The number of rotatable bonds is 4. The number of hydrogen-bond donors (Lipinski definition) is 2. The third-order valence-electron chi connectivity index (χ3n) is 5.38. The number of aromatic nitrogens is 3. The molecule has 1 unspecified atom stereocenters. The molecule has 0 aliphatic carbocycles. The van der Waals surface area contributed by atoms with Crippen LogP contribution in [-0.2, 0) is 24.2 Å². The highest BCUT2D eigenvalue weighted by molar-refractivity contribution is 5.78. The highest BCUT2D eigenvalue weighted by Gasteiger charge is 2.28. The van der Waals surface area contributed by atoms with Gasteiger partial charge in [0.15, 0.2) is 0 Å². The summed E-state index contributed by atoms with van der Waals surface area (Å²) in [6, 6.07) is 5.69. The van der Waals surface area contributed by atoms with E-state index in [0.29, 0.717) is 13.0 Å². The topological polar surface area (TPSA) is 83.0 Å². The van der Waals surface area contributed by atoms with E-state index in [1.807, 2.05) is 30.1 Å². The van der Waals surface area contributed by atoms with Crippen LogP contribution in [0.15, 0.2) is 24.4 Å². The molecule has 1 saturated heterocycles. The van der Waals surface area contributed by atoms with Crippen LogP contribution in [0, 0.1) is 0 Å². The lowest BCUT2D eigenvalue weighted by atomic mass is 9.96. The van der Waals surface area contributed by atoms with Crippen LogP contribution in [0.4, 0.5) is 5.82 Å². The quantitative estimate of drug-likeness (QED) is 0.853. The Bertz CT molecular complexity index is 792. The molecule has 0 aromatic carbocycles. The van der Waals surface area contributed by atoms with Crippen molar-refractivity contribution in [2.45, 2.75) is 38.1 Å². The average Bonchev–Trinajstić information content (AvgIpc) is 2.73. The molecule has 4 heterocycles. The van der Waals surface area contributed by atoms with Crippen molar-refractivity contribution >= 4 is 11.7 Å². The summed E-state index contributed by atoms with van der Waals surface area (Å²) >= 11 is 0. The zero-order chi connectivity index (χ0) is 18.6. The van der Waals surface area contributed by atoms with E-state index in [1.54, 1.807) is 6.20 Å². The van der Waals surface area contributed by atoms with Gasteiger partial charge >= 0.3 is 0 Å². The van der Waals surface area contributed by atoms with Crippen molar-refractivity contribution < 1.29 is 4.79 Å². The number of hydrogen-bond acceptors (Lipinski definition) is 6. The Morgan fingerprint density at radius 2 is 2.30 bits per heavy atom. The second kappa shape index (κ2) is 8.00. The third kappa shape index (κ3) is 3.93. The Hall–Kier alpha value is -2.54. The number of likely N-dealkylation sites (tertiary alicyclic amines) is 1. The van der Waals surface area contributed by atoms with Crippen molar-refractivity contribution in [3.05, 3.63) is 47.2 Å². The molecule has 0 saturated carbocycles. The molecule has 0 spiro atoms. The number of amides is 1. The smallest absolute Gasteiger partial charge is 0.228 e. The van der Waals surface area contributed by atoms with E-state index in [4.69, 9.17) is 9.97 Å². The molecule has 1 fully saturated rings. The van der Waals surface area contributed by atoms with Crippen LogP contribution in [0.2, 0.25) is 0 Å². The van der Waals surface area contributed by atoms with Crippen molar-refractivity contribution in [1.29, 1.82) is 0 Å². The van der Waals surface area contributed by atoms with Gasteiger partial charge in [-0.2, -0.15) is 0 Å². The Kier molecular flexibility index (Phi) is 5.29. The van der Waals surface area contributed by atoms with E-state index in [1.165, 1.54) is 5.56 Å². The number of carbonyl (C=O) groups excluding carboxylic acids is 1. The molecule has 2 aliphatic rings. The van der Waals surface area contributed by atoms with Crippen molar-refractivity contribution in [2.75, 3.05) is 32.0 Å². The molecule has 1 amide bonds. The van der Waals surface area contributed by atoms with Gasteiger partial charge < -0.3 is 15.5 Å². The van der Waals surface area contributed by atoms with Crippen LogP contribution in [0.5, 0.6) is 0 Å². The number of nitrogens with zero attached hydrogens (tertiary/aromatic N) is 4. The zero-order valence-electron chi connectivity index (χ0n) is 15.7. The standard InChI is InChI=1S/C20H26N6O/c1-21-20-16-12-22-9-7-17(16)24-19(25-20)14-5-4-10-26(13-14)18(27)11-15-6-2-3-8-23-15/h2-3,6,8,14,22H,4-5,7,9-13H2,1H3,(H,21,24,25). The molecule has 2 N–H and O–H groups in total. The van der Waals surface area contributed by atoms with E-state index in [9.17, 15) is 4.79 Å². The van der Waals surface area contributed by atoms with Crippen LogP contribution >= 0.6 is 0 Å². The minimum atomic E-state index is 0.134. The molecule has 142 valence electrons. The Labute approximate surface area is 159 Å². The molecule has 1 atom stereocenters. The molecular formula is C20H26N6O. The van der Waals surface area contributed by atoms with Crippen molar-refractivity contribution in [3.8, 4) is 0 Å². The van der Waals surface area contributed by atoms with Crippen LogP contribution < -0.4 is 10.6 Å². The number of piperidine rings is 1. The fraction of sp³-hybridized carbons (Fsp3) is 0.500. The lowest BCUT2D eigenvalue weighted by Gasteiger charge is -2.33. The lowest BCUT2D eigenvalue weighted by molar-refractivity contribution is -0.131. The van der Waals surface area contributed by atoms with Gasteiger partial charge in [0.25, 0.3) is 0 Å². The predicted octanol–water partition coefficient (Wildman–Crippen LogP) is 1.51. The molecule has 0 bridgehead atoms.